The summed E-state index contributed by atoms with van der Waals surface area (Å²) in [6.45, 7) is 4.45. The van der Waals surface area contributed by atoms with Gasteiger partial charge in [0.05, 0.1) is 16.8 Å². The van der Waals surface area contributed by atoms with E-state index in [1.807, 2.05) is 6.07 Å². The van der Waals surface area contributed by atoms with Crippen LogP contribution in [-0.2, 0) is 0 Å². The van der Waals surface area contributed by atoms with Crippen LogP contribution in [0.15, 0.2) is 35.7 Å². The smallest absolute Gasteiger partial charge is 0.171 e. The predicted molar refractivity (Wildman–Crippen MR) is 113 cm³/mol. The number of halogens is 2. The van der Waals surface area contributed by atoms with Crippen molar-refractivity contribution in [3.05, 3.63) is 50.6 Å². The van der Waals surface area contributed by atoms with Gasteiger partial charge in [0.15, 0.2) is 5.11 Å². The van der Waals surface area contributed by atoms with Crippen molar-refractivity contribution in [2.75, 3.05) is 18.4 Å². The van der Waals surface area contributed by atoms with Gasteiger partial charge in [0.1, 0.15) is 0 Å². The average molecular weight is 414 g/mol. The maximum atomic E-state index is 6.22. The van der Waals surface area contributed by atoms with Crippen LogP contribution >= 0.6 is 46.8 Å². The second-order valence-corrected chi connectivity index (χ2v) is 8.45. The van der Waals surface area contributed by atoms with Gasteiger partial charge in [-0.2, -0.15) is 0 Å². The number of likely N-dealkylation sites (tertiary alicyclic amines) is 1. The molecule has 1 aromatic carbocycles. The van der Waals surface area contributed by atoms with Crippen LogP contribution in [0.4, 0.5) is 5.69 Å². The molecule has 3 nitrogen and oxygen atoms in total. The molecule has 1 saturated heterocycles. The normalized spacial score (nSPS) is 17.2. The van der Waals surface area contributed by atoms with Gasteiger partial charge < -0.3 is 10.6 Å². The highest BCUT2D eigenvalue weighted by Crippen LogP contribution is 2.31. The Hall–Kier alpha value is -0.850. The van der Waals surface area contributed by atoms with Crippen molar-refractivity contribution in [1.82, 2.24) is 10.2 Å². The first-order valence-electron chi connectivity index (χ1n) is 8.34. The Kier molecular flexibility index (Phi) is 6.58. The fraction of sp³-hybridized carbons (Fsp3) is 0.389. The van der Waals surface area contributed by atoms with Crippen molar-refractivity contribution in [2.24, 2.45) is 0 Å². The van der Waals surface area contributed by atoms with Gasteiger partial charge in [-0.25, -0.2) is 0 Å². The molecule has 0 spiro atoms. The van der Waals surface area contributed by atoms with Gasteiger partial charge in [-0.05, 0) is 74.7 Å². The predicted octanol–water partition coefficient (Wildman–Crippen LogP) is 5.57. The molecule has 0 bridgehead atoms. The summed E-state index contributed by atoms with van der Waals surface area (Å²) in [6, 6.07) is 10.2. The van der Waals surface area contributed by atoms with Crippen molar-refractivity contribution in [2.45, 2.75) is 31.8 Å². The van der Waals surface area contributed by atoms with Gasteiger partial charge in [-0.15, -0.1) is 11.3 Å². The third-order valence-electron chi connectivity index (χ3n) is 4.38. The van der Waals surface area contributed by atoms with E-state index in [2.05, 4.69) is 40.0 Å². The molecule has 1 fully saturated rings. The molecule has 1 aliphatic rings. The number of rotatable bonds is 5. The van der Waals surface area contributed by atoms with Crippen LogP contribution in [0.2, 0.25) is 10.0 Å². The summed E-state index contributed by atoms with van der Waals surface area (Å²) in [6.07, 6.45) is 2.52. The number of benzene rings is 1. The molecule has 134 valence electrons. The lowest BCUT2D eigenvalue weighted by molar-refractivity contribution is 0.214. The van der Waals surface area contributed by atoms with E-state index in [4.69, 9.17) is 35.4 Å². The molecule has 0 radical (unpaired) electrons. The van der Waals surface area contributed by atoms with E-state index in [9.17, 15) is 0 Å². The number of thiophene rings is 1. The van der Waals surface area contributed by atoms with Gasteiger partial charge in [0.2, 0.25) is 0 Å². The zero-order chi connectivity index (χ0) is 17.8. The highest BCUT2D eigenvalue weighted by molar-refractivity contribution is 7.80. The largest absolute Gasteiger partial charge is 0.358 e. The Morgan fingerprint density at radius 2 is 2.00 bits per heavy atom. The second kappa shape index (κ2) is 8.69. The third kappa shape index (κ3) is 4.86. The Balaban J connectivity index is 1.68. The van der Waals surface area contributed by atoms with Gasteiger partial charge in [0, 0.05) is 15.9 Å². The minimum absolute atomic E-state index is 0.183. The third-order valence-corrected chi connectivity index (χ3v) is 6.09. The van der Waals surface area contributed by atoms with E-state index in [1.54, 1.807) is 23.5 Å². The first kappa shape index (κ1) is 18.9. The maximum absolute atomic E-state index is 6.22. The Labute approximate surface area is 168 Å². The molecule has 3 rings (SSSR count). The van der Waals surface area contributed by atoms with Crippen LogP contribution in [0.1, 0.15) is 30.7 Å². The summed E-state index contributed by atoms with van der Waals surface area (Å²) in [5.41, 5.74) is 0.754. The lowest BCUT2D eigenvalue weighted by atomic mass is 10.1. The summed E-state index contributed by atoms with van der Waals surface area (Å²) < 4.78 is 0. The van der Waals surface area contributed by atoms with Crippen molar-refractivity contribution in [3.63, 3.8) is 0 Å². The summed E-state index contributed by atoms with van der Waals surface area (Å²) in [5, 5.41) is 10.5. The summed E-state index contributed by atoms with van der Waals surface area (Å²) in [4.78, 5) is 3.91. The molecule has 1 aliphatic heterocycles. The first-order valence-corrected chi connectivity index (χ1v) is 10.4. The van der Waals surface area contributed by atoms with Gasteiger partial charge in [-0.1, -0.05) is 29.3 Å². The standard InChI is InChI=1S/C18H21Cl2N3S2/c1-12(17(16-5-4-10-25-16)23-8-2-3-9-23)21-18(24)22-15-7-6-13(19)11-14(15)20/h4-7,10-12,17H,2-3,8-9H2,1H3,(H2,21,22,24)/t12-,17+/m0/s1. The van der Waals surface area contributed by atoms with Gasteiger partial charge >= 0.3 is 0 Å². The summed E-state index contributed by atoms with van der Waals surface area (Å²) >= 11 is 19.5. The minimum Gasteiger partial charge on any atom is -0.358 e. The zero-order valence-corrected chi connectivity index (χ0v) is 17.1. The molecule has 2 aromatic rings. The molecule has 1 aromatic heterocycles. The van der Waals surface area contributed by atoms with E-state index >= 15 is 0 Å². The Morgan fingerprint density at radius 1 is 1.24 bits per heavy atom. The fourth-order valence-corrected chi connectivity index (χ4v) is 4.97. The lowest BCUT2D eigenvalue weighted by Gasteiger charge is -2.33. The minimum atomic E-state index is 0.183. The Morgan fingerprint density at radius 3 is 2.64 bits per heavy atom. The molecular weight excluding hydrogens is 393 g/mol. The molecule has 0 aliphatic carbocycles. The highest BCUT2D eigenvalue weighted by Gasteiger charge is 2.29. The Bertz CT molecular complexity index is 715. The number of hydrogen-bond donors (Lipinski definition) is 2. The molecule has 25 heavy (non-hydrogen) atoms. The maximum Gasteiger partial charge on any atom is 0.171 e. The van der Waals surface area contributed by atoms with Crippen LogP contribution in [0.3, 0.4) is 0 Å². The molecule has 7 heteroatoms. The molecule has 0 unspecified atom stereocenters. The van der Waals surface area contributed by atoms with E-state index in [0.29, 0.717) is 21.2 Å². The fourth-order valence-electron chi connectivity index (χ4n) is 3.26. The first-order chi connectivity index (χ1) is 12.0. The van der Waals surface area contributed by atoms with Crippen molar-refractivity contribution < 1.29 is 0 Å². The van der Waals surface area contributed by atoms with Crippen LogP contribution in [0, 0.1) is 0 Å². The molecule has 2 N–H and O–H groups in total. The monoisotopic (exact) mass is 413 g/mol. The molecular formula is C18H21Cl2N3S2. The number of anilines is 1. The van der Waals surface area contributed by atoms with Crippen LogP contribution in [0.5, 0.6) is 0 Å². The van der Waals surface area contributed by atoms with Gasteiger partial charge in [-0.3, -0.25) is 4.90 Å². The molecule has 0 saturated carbocycles. The topological polar surface area (TPSA) is 27.3 Å². The zero-order valence-electron chi connectivity index (χ0n) is 14.0. The van der Waals surface area contributed by atoms with E-state index in [-0.39, 0.29) is 6.04 Å². The van der Waals surface area contributed by atoms with Crippen LogP contribution in [-0.4, -0.2) is 29.1 Å². The lowest BCUT2D eigenvalue weighted by Crippen LogP contribution is -2.45. The summed E-state index contributed by atoms with van der Waals surface area (Å²) in [7, 11) is 0. The van der Waals surface area contributed by atoms with Crippen molar-refractivity contribution >= 4 is 57.6 Å². The van der Waals surface area contributed by atoms with Crippen molar-refractivity contribution in [1.29, 1.82) is 0 Å². The SMILES string of the molecule is C[C@H](NC(=S)Nc1ccc(Cl)cc1Cl)[C@H](c1cccs1)N1CCCC1. The molecule has 0 amide bonds. The number of thiocarbonyl (C=S) groups is 1. The number of nitrogens with one attached hydrogen (secondary N) is 2. The van der Waals surface area contributed by atoms with E-state index in [0.717, 1.165) is 18.8 Å². The average Bonchev–Trinajstić information content (AvgIpc) is 3.24. The van der Waals surface area contributed by atoms with Gasteiger partial charge in [0.25, 0.3) is 0 Å². The van der Waals surface area contributed by atoms with Crippen molar-refractivity contribution in [3.8, 4) is 0 Å². The van der Waals surface area contributed by atoms with Crippen LogP contribution < -0.4 is 10.6 Å². The van der Waals surface area contributed by atoms with E-state index < -0.39 is 0 Å². The highest BCUT2D eigenvalue weighted by atomic mass is 35.5. The molecule has 2 heterocycles. The number of nitrogens with zero attached hydrogens (tertiary/aromatic N) is 1. The summed E-state index contributed by atoms with van der Waals surface area (Å²) in [5.74, 6) is 0. The molecule has 2 atom stereocenters. The quantitative estimate of drug-likeness (QED) is 0.626. The van der Waals surface area contributed by atoms with E-state index in [1.165, 1.54) is 17.7 Å². The second-order valence-electron chi connectivity index (χ2n) is 6.21. The van der Waals surface area contributed by atoms with Crippen LogP contribution in [0.25, 0.3) is 0 Å². The number of hydrogen-bond acceptors (Lipinski definition) is 3.